The van der Waals surface area contributed by atoms with Gasteiger partial charge in [0.25, 0.3) is 0 Å². The zero-order valence-corrected chi connectivity index (χ0v) is 10.8. The predicted molar refractivity (Wildman–Crippen MR) is 66.5 cm³/mol. The zero-order chi connectivity index (χ0) is 13.4. The molecule has 100 valence electrons. The maximum Gasteiger partial charge on any atom is 0.229 e. The van der Waals surface area contributed by atoms with Crippen molar-refractivity contribution >= 4 is 11.6 Å². The lowest BCUT2D eigenvalue weighted by atomic mass is 9.82. The molecular formula is C13H12ClFN2O2. The third-order valence-electron chi connectivity index (χ3n) is 3.31. The second kappa shape index (κ2) is 4.90. The van der Waals surface area contributed by atoms with Crippen LogP contribution in [0.4, 0.5) is 4.39 Å². The molecule has 0 saturated heterocycles. The molecule has 1 heterocycles. The van der Waals surface area contributed by atoms with E-state index >= 15 is 0 Å². The van der Waals surface area contributed by atoms with Gasteiger partial charge in [0.15, 0.2) is 5.82 Å². The van der Waals surface area contributed by atoms with Crippen molar-refractivity contribution in [3.8, 4) is 0 Å². The largest absolute Gasteiger partial charge is 0.393 e. The summed E-state index contributed by atoms with van der Waals surface area (Å²) >= 11 is 5.95. The maximum atomic E-state index is 12.9. The smallest absolute Gasteiger partial charge is 0.229 e. The summed E-state index contributed by atoms with van der Waals surface area (Å²) in [5, 5.41) is 13.5. The Balaban J connectivity index is 1.73. The molecular weight excluding hydrogens is 271 g/mol. The lowest BCUT2D eigenvalue weighted by molar-refractivity contribution is 0.0625. The van der Waals surface area contributed by atoms with Gasteiger partial charge in [-0.2, -0.15) is 4.98 Å². The van der Waals surface area contributed by atoms with Crippen molar-refractivity contribution in [1.29, 1.82) is 0 Å². The fraction of sp³-hybridized carbons (Fsp3) is 0.385. The molecule has 0 amide bonds. The monoisotopic (exact) mass is 282 g/mol. The minimum atomic E-state index is -0.369. The van der Waals surface area contributed by atoms with Crippen molar-refractivity contribution < 1.29 is 14.0 Å². The molecule has 2 aromatic rings. The van der Waals surface area contributed by atoms with Crippen molar-refractivity contribution in [1.82, 2.24) is 10.1 Å². The van der Waals surface area contributed by atoms with E-state index in [1.807, 2.05) is 0 Å². The van der Waals surface area contributed by atoms with Gasteiger partial charge in [0.2, 0.25) is 5.89 Å². The van der Waals surface area contributed by atoms with Crippen molar-refractivity contribution in [2.24, 2.45) is 0 Å². The van der Waals surface area contributed by atoms with Gasteiger partial charge in [0.1, 0.15) is 5.82 Å². The molecule has 1 aromatic carbocycles. The summed E-state index contributed by atoms with van der Waals surface area (Å²) in [6.45, 7) is 0. The summed E-state index contributed by atoms with van der Waals surface area (Å²) in [4.78, 5) is 4.28. The Bertz CT molecular complexity index is 596. The number of rotatable bonds is 3. The highest BCUT2D eigenvalue weighted by atomic mass is 35.5. The molecule has 19 heavy (non-hydrogen) atoms. The molecule has 1 saturated carbocycles. The number of aromatic nitrogens is 2. The maximum absolute atomic E-state index is 12.9. The summed E-state index contributed by atoms with van der Waals surface area (Å²) in [6.07, 6.45) is 1.47. The Morgan fingerprint density at radius 2 is 2.21 bits per heavy atom. The van der Waals surface area contributed by atoms with Crippen LogP contribution in [-0.2, 0) is 6.42 Å². The number of hydrogen-bond donors (Lipinski definition) is 1. The van der Waals surface area contributed by atoms with Crippen molar-refractivity contribution in [2.45, 2.75) is 31.3 Å². The first-order valence-electron chi connectivity index (χ1n) is 6.06. The summed E-state index contributed by atoms with van der Waals surface area (Å²) in [7, 11) is 0. The van der Waals surface area contributed by atoms with E-state index in [-0.39, 0.29) is 17.8 Å². The van der Waals surface area contributed by atoms with Gasteiger partial charge in [-0.05, 0) is 30.5 Å². The summed E-state index contributed by atoms with van der Waals surface area (Å²) < 4.78 is 18.1. The molecule has 1 fully saturated rings. The standard InChI is InChI=1S/C13H12ClFN2O2/c14-11-6-9(15)2-1-7(11)5-12-16-13(19-17-12)8-3-10(18)4-8/h1-2,6,8,10,18H,3-5H2. The fourth-order valence-corrected chi connectivity index (χ4v) is 2.36. The Kier molecular flexibility index (Phi) is 3.24. The molecule has 0 atom stereocenters. The minimum absolute atomic E-state index is 0.153. The number of benzene rings is 1. The van der Waals surface area contributed by atoms with Crippen LogP contribution >= 0.6 is 11.6 Å². The molecule has 0 aliphatic heterocycles. The Hall–Kier alpha value is -1.46. The van der Waals surface area contributed by atoms with Crippen LogP contribution in [0.1, 0.15) is 36.0 Å². The highest BCUT2D eigenvalue weighted by Crippen LogP contribution is 2.35. The molecule has 1 aliphatic rings. The summed E-state index contributed by atoms with van der Waals surface area (Å²) in [5.41, 5.74) is 0.754. The molecule has 3 rings (SSSR count). The van der Waals surface area contributed by atoms with Gasteiger partial charge < -0.3 is 9.63 Å². The second-order valence-corrected chi connectivity index (χ2v) is 5.19. The number of nitrogens with zero attached hydrogens (tertiary/aromatic N) is 2. The third-order valence-corrected chi connectivity index (χ3v) is 3.66. The van der Waals surface area contributed by atoms with Crippen LogP contribution < -0.4 is 0 Å². The highest BCUT2D eigenvalue weighted by molar-refractivity contribution is 6.31. The zero-order valence-electron chi connectivity index (χ0n) is 10.0. The van der Waals surface area contributed by atoms with Crippen LogP contribution in [0.25, 0.3) is 0 Å². The van der Waals surface area contributed by atoms with Crippen LogP contribution in [0.3, 0.4) is 0 Å². The molecule has 0 spiro atoms. The fourth-order valence-electron chi connectivity index (χ4n) is 2.13. The molecule has 4 nitrogen and oxygen atoms in total. The second-order valence-electron chi connectivity index (χ2n) is 4.78. The van der Waals surface area contributed by atoms with E-state index in [0.717, 1.165) is 5.56 Å². The number of aliphatic hydroxyl groups is 1. The highest BCUT2D eigenvalue weighted by Gasteiger charge is 2.32. The topological polar surface area (TPSA) is 59.2 Å². The van der Waals surface area contributed by atoms with Crippen molar-refractivity contribution in [3.63, 3.8) is 0 Å². The average molecular weight is 283 g/mol. The Morgan fingerprint density at radius 3 is 2.89 bits per heavy atom. The SMILES string of the molecule is OC1CC(c2nc(Cc3ccc(F)cc3Cl)no2)C1. The first-order chi connectivity index (χ1) is 9.11. The molecule has 1 N–H and O–H groups in total. The van der Waals surface area contributed by atoms with Crippen LogP contribution in [0.5, 0.6) is 0 Å². The van der Waals surface area contributed by atoms with E-state index in [1.54, 1.807) is 6.07 Å². The van der Waals surface area contributed by atoms with E-state index < -0.39 is 0 Å². The molecule has 0 radical (unpaired) electrons. The summed E-state index contributed by atoms with van der Waals surface area (Å²) in [6, 6.07) is 4.23. The molecule has 1 aliphatic carbocycles. The van der Waals surface area contributed by atoms with Crippen LogP contribution in [0.15, 0.2) is 22.7 Å². The predicted octanol–water partition coefficient (Wildman–Crippen LogP) is 2.69. The minimum Gasteiger partial charge on any atom is -0.393 e. The molecule has 6 heteroatoms. The first-order valence-corrected chi connectivity index (χ1v) is 6.44. The van der Waals surface area contributed by atoms with E-state index in [0.29, 0.717) is 36.0 Å². The van der Waals surface area contributed by atoms with Crippen molar-refractivity contribution in [2.75, 3.05) is 0 Å². The first kappa shape index (κ1) is 12.6. The normalized spacial score (nSPS) is 22.3. The van der Waals surface area contributed by atoms with Gasteiger partial charge in [-0.25, -0.2) is 4.39 Å². The van der Waals surface area contributed by atoms with E-state index in [9.17, 15) is 9.50 Å². The molecule has 0 bridgehead atoms. The van der Waals surface area contributed by atoms with Gasteiger partial charge in [0, 0.05) is 17.4 Å². The third kappa shape index (κ3) is 2.62. The van der Waals surface area contributed by atoms with Crippen LogP contribution in [0, 0.1) is 5.82 Å². The molecule has 0 unspecified atom stereocenters. The van der Waals surface area contributed by atoms with Gasteiger partial charge in [0.05, 0.1) is 6.10 Å². The number of halogens is 2. The molecule has 1 aromatic heterocycles. The number of hydrogen-bond acceptors (Lipinski definition) is 4. The van der Waals surface area contributed by atoms with E-state index in [1.165, 1.54) is 12.1 Å². The average Bonchev–Trinajstić information content (AvgIpc) is 2.77. The Morgan fingerprint density at radius 1 is 1.42 bits per heavy atom. The van der Waals surface area contributed by atoms with Gasteiger partial charge in [-0.3, -0.25) is 0 Å². The van der Waals surface area contributed by atoms with Crippen molar-refractivity contribution in [3.05, 3.63) is 46.3 Å². The lowest BCUT2D eigenvalue weighted by Gasteiger charge is -2.27. The lowest BCUT2D eigenvalue weighted by Crippen LogP contribution is -2.26. The number of aliphatic hydroxyl groups excluding tert-OH is 1. The summed E-state index contributed by atoms with van der Waals surface area (Å²) in [5.74, 6) is 0.856. The Labute approximate surface area is 114 Å². The van der Waals surface area contributed by atoms with Gasteiger partial charge in [-0.15, -0.1) is 0 Å². The van der Waals surface area contributed by atoms with Gasteiger partial charge in [-0.1, -0.05) is 22.8 Å². The van der Waals surface area contributed by atoms with Gasteiger partial charge >= 0.3 is 0 Å². The van der Waals surface area contributed by atoms with Crippen LogP contribution in [0.2, 0.25) is 5.02 Å². The van der Waals surface area contributed by atoms with E-state index in [2.05, 4.69) is 10.1 Å². The quantitative estimate of drug-likeness (QED) is 0.940. The van der Waals surface area contributed by atoms with Crippen LogP contribution in [-0.4, -0.2) is 21.4 Å². The van der Waals surface area contributed by atoms with E-state index in [4.69, 9.17) is 16.1 Å².